The molecule has 8 fully saturated rings. The highest BCUT2D eigenvalue weighted by Crippen LogP contribution is 2.83. The largest absolute Gasteiger partial charge is 0.496 e. The molecule has 2 nitrogen and oxygen atoms in total. The van der Waals surface area contributed by atoms with Crippen molar-refractivity contribution in [2.24, 2.45) is 41.4 Å². The molecule has 0 saturated heterocycles. The monoisotopic (exact) mass is 642 g/mol. The van der Waals surface area contributed by atoms with Crippen molar-refractivity contribution in [2.75, 3.05) is 14.2 Å². The molecule has 0 spiro atoms. The third-order valence-corrected chi connectivity index (χ3v) is 18.7. The summed E-state index contributed by atoms with van der Waals surface area (Å²) < 4.78 is 13.7. The van der Waals surface area contributed by atoms with Crippen LogP contribution in [0.15, 0.2) is 35.3 Å². The summed E-state index contributed by atoms with van der Waals surface area (Å²) in [6, 6.07) is 7.57. The van der Waals surface area contributed by atoms with Gasteiger partial charge >= 0.3 is 0 Å². The van der Waals surface area contributed by atoms with Crippen LogP contribution < -0.4 is 0 Å². The number of hydrogen-bond donors (Lipinski definition) is 0. The lowest BCUT2D eigenvalue weighted by Crippen LogP contribution is -2.57. The molecule has 0 heterocycles. The third kappa shape index (κ3) is 4.83. The number of hydrogen-bond acceptors (Lipinski definition) is 2. The molecule has 1 aromatic carbocycles. The highest BCUT2D eigenvalue weighted by Gasteiger charge is 2.65. The molecular formula is C43H63O2P. The Kier molecular flexibility index (Phi) is 8.01. The van der Waals surface area contributed by atoms with Gasteiger partial charge in [-0.15, -0.1) is 0 Å². The van der Waals surface area contributed by atoms with Gasteiger partial charge in [0.1, 0.15) is 5.76 Å². The van der Waals surface area contributed by atoms with Gasteiger partial charge < -0.3 is 9.47 Å². The quantitative estimate of drug-likeness (QED) is 0.250. The predicted octanol–water partition coefficient (Wildman–Crippen LogP) is 12.0. The second-order valence-corrected chi connectivity index (χ2v) is 21.7. The van der Waals surface area contributed by atoms with E-state index in [0.717, 1.165) is 41.9 Å². The minimum Gasteiger partial charge on any atom is -0.496 e. The van der Waals surface area contributed by atoms with Gasteiger partial charge in [0.2, 0.25) is 0 Å². The Morgan fingerprint density at radius 3 is 1.52 bits per heavy atom. The zero-order valence-corrected chi connectivity index (χ0v) is 31.4. The lowest BCUT2D eigenvalue weighted by molar-refractivity contribution is 0.00263. The van der Waals surface area contributed by atoms with E-state index < -0.39 is 7.92 Å². The van der Waals surface area contributed by atoms with Crippen LogP contribution in [0.1, 0.15) is 154 Å². The first-order valence-electron chi connectivity index (χ1n) is 19.5. The topological polar surface area (TPSA) is 18.5 Å². The van der Waals surface area contributed by atoms with Crippen LogP contribution in [0.25, 0.3) is 5.57 Å². The summed E-state index contributed by atoms with van der Waals surface area (Å²) in [6.45, 7) is 14.4. The Morgan fingerprint density at radius 2 is 1.15 bits per heavy atom. The van der Waals surface area contributed by atoms with E-state index in [1.807, 2.05) is 14.2 Å². The van der Waals surface area contributed by atoms with Gasteiger partial charge in [0, 0.05) is 24.4 Å². The summed E-state index contributed by atoms with van der Waals surface area (Å²) in [5.41, 5.74) is 5.68. The van der Waals surface area contributed by atoms with Gasteiger partial charge in [-0.1, -0.05) is 67.7 Å². The van der Waals surface area contributed by atoms with Crippen molar-refractivity contribution in [2.45, 2.75) is 153 Å². The molecule has 3 heteroatoms. The van der Waals surface area contributed by atoms with Crippen molar-refractivity contribution in [1.29, 1.82) is 0 Å². The van der Waals surface area contributed by atoms with E-state index in [0.29, 0.717) is 28.1 Å². The molecule has 252 valence electrons. The van der Waals surface area contributed by atoms with E-state index in [2.05, 4.69) is 65.8 Å². The fourth-order valence-electron chi connectivity index (χ4n) is 13.8. The van der Waals surface area contributed by atoms with E-state index in [4.69, 9.17) is 9.47 Å². The maximum absolute atomic E-state index is 6.98. The molecule has 1 aromatic rings. The van der Waals surface area contributed by atoms with Gasteiger partial charge in [-0.05, 0) is 163 Å². The minimum atomic E-state index is -0.469. The zero-order chi connectivity index (χ0) is 32.2. The molecule has 0 aliphatic heterocycles. The van der Waals surface area contributed by atoms with Crippen LogP contribution in [-0.2, 0) is 9.47 Å². The number of rotatable bonds is 9. The molecule has 9 aliphatic rings. The fourth-order valence-corrected chi connectivity index (χ4v) is 19.3. The van der Waals surface area contributed by atoms with E-state index in [-0.39, 0.29) is 5.60 Å². The van der Waals surface area contributed by atoms with Gasteiger partial charge in [0.15, 0.2) is 0 Å². The van der Waals surface area contributed by atoms with E-state index in [1.165, 1.54) is 99.5 Å². The molecule has 1 atom stereocenters. The zero-order valence-electron chi connectivity index (χ0n) is 30.5. The minimum absolute atomic E-state index is 0.342. The third-order valence-electron chi connectivity index (χ3n) is 14.8. The maximum atomic E-state index is 6.98. The van der Waals surface area contributed by atoms with Crippen molar-refractivity contribution < 1.29 is 9.47 Å². The standard InChI is InChI=1S/C43H63O2P/c1-26(2)35-9-10-36(37(19-35)27(3)4)39-40(38(44-7)11-12-43(39,45-8)28(5)6)46(41-20-29-13-30(21-41)15-31(14-29)22-41)42-23-32-16-33(24-42)18-34(17-32)25-42/h9-11,19,26-34H,12-18,20-25H2,1-8H3. The van der Waals surface area contributed by atoms with Crippen molar-refractivity contribution in [3.8, 4) is 0 Å². The molecule has 1 unspecified atom stereocenters. The first-order chi connectivity index (χ1) is 22.0. The summed E-state index contributed by atoms with van der Waals surface area (Å²) >= 11 is 0. The van der Waals surface area contributed by atoms with E-state index in [9.17, 15) is 0 Å². The SMILES string of the molecule is COC1=CCC(OC)(C(C)C)C(c2ccc(C(C)C)cc2C(C)C)=C1P(C12CC3CC(CC(C3)C1)C2)C12CC3CC(CC(C3)C1)C2. The van der Waals surface area contributed by atoms with Crippen LogP contribution in [0, 0.1) is 41.4 Å². The summed E-state index contributed by atoms with van der Waals surface area (Å²) in [6.07, 6.45) is 21.5. The van der Waals surface area contributed by atoms with Gasteiger partial charge in [-0.25, -0.2) is 0 Å². The van der Waals surface area contributed by atoms with Crippen LogP contribution in [-0.4, -0.2) is 30.1 Å². The average Bonchev–Trinajstić information content (AvgIpc) is 2.98. The smallest absolute Gasteiger partial charge is 0.123 e. The molecule has 0 aromatic heterocycles. The molecule has 46 heavy (non-hydrogen) atoms. The summed E-state index contributed by atoms with van der Waals surface area (Å²) in [5.74, 6) is 8.34. The van der Waals surface area contributed by atoms with Gasteiger partial charge in [0.05, 0.1) is 12.7 Å². The van der Waals surface area contributed by atoms with Crippen LogP contribution in [0.3, 0.4) is 0 Å². The summed E-state index contributed by atoms with van der Waals surface area (Å²) in [5, 5.41) is 2.62. The van der Waals surface area contributed by atoms with E-state index >= 15 is 0 Å². The van der Waals surface area contributed by atoms with Crippen molar-refractivity contribution >= 4 is 13.5 Å². The molecule has 10 rings (SSSR count). The number of benzene rings is 1. The second kappa shape index (κ2) is 11.5. The van der Waals surface area contributed by atoms with E-state index in [1.54, 1.807) is 10.9 Å². The van der Waals surface area contributed by atoms with Gasteiger partial charge in [-0.2, -0.15) is 0 Å². The number of ether oxygens (including phenoxy) is 2. The molecular weight excluding hydrogens is 579 g/mol. The molecule has 8 saturated carbocycles. The maximum Gasteiger partial charge on any atom is 0.123 e. The Morgan fingerprint density at radius 1 is 0.674 bits per heavy atom. The predicted molar refractivity (Wildman–Crippen MR) is 195 cm³/mol. The first-order valence-corrected chi connectivity index (χ1v) is 20.8. The summed E-state index contributed by atoms with van der Waals surface area (Å²) in [7, 11) is 3.55. The summed E-state index contributed by atoms with van der Waals surface area (Å²) in [4.78, 5) is 0. The molecule has 0 N–H and O–H groups in total. The van der Waals surface area contributed by atoms with Crippen LogP contribution >= 0.6 is 7.92 Å². The number of allylic oxidation sites excluding steroid dienone is 1. The lowest BCUT2D eigenvalue weighted by atomic mass is 9.55. The van der Waals surface area contributed by atoms with Crippen LogP contribution in [0.2, 0.25) is 0 Å². The van der Waals surface area contributed by atoms with Gasteiger partial charge in [0.25, 0.3) is 0 Å². The fraction of sp³-hybridized carbons (Fsp3) is 0.767. The Labute approximate surface area is 282 Å². The Bertz CT molecular complexity index is 1300. The average molecular weight is 643 g/mol. The van der Waals surface area contributed by atoms with Crippen molar-refractivity contribution in [3.05, 3.63) is 52.0 Å². The second-order valence-electron chi connectivity index (χ2n) is 18.7. The number of methoxy groups -OCH3 is 2. The highest BCUT2D eigenvalue weighted by atomic mass is 31.1. The highest BCUT2D eigenvalue weighted by molar-refractivity contribution is 7.66. The van der Waals surface area contributed by atoms with Crippen molar-refractivity contribution in [1.82, 2.24) is 0 Å². The van der Waals surface area contributed by atoms with Crippen molar-refractivity contribution in [3.63, 3.8) is 0 Å². The molecule has 9 aliphatic carbocycles. The first kappa shape index (κ1) is 32.1. The molecule has 0 amide bonds. The lowest BCUT2D eigenvalue weighted by Gasteiger charge is -2.68. The molecule has 0 radical (unpaired) electrons. The Balaban J connectivity index is 1.45. The van der Waals surface area contributed by atoms with Crippen LogP contribution in [0.4, 0.5) is 0 Å². The normalized spacial score (nSPS) is 41.7. The van der Waals surface area contributed by atoms with Gasteiger partial charge in [-0.3, -0.25) is 0 Å². The molecule has 8 bridgehead atoms. The Hall–Kier alpha value is -1.11. The van der Waals surface area contributed by atoms with Crippen LogP contribution in [0.5, 0.6) is 0 Å².